The van der Waals surface area contributed by atoms with Crippen LogP contribution in [0.3, 0.4) is 0 Å². The van der Waals surface area contributed by atoms with Gasteiger partial charge in [-0.2, -0.15) is 13.2 Å². The molecule has 4 rings (SSSR count). The number of hydrogen-bond donors (Lipinski definition) is 2. The van der Waals surface area contributed by atoms with Crippen molar-refractivity contribution in [2.45, 2.75) is 38.5 Å². The molecule has 1 aliphatic rings. The van der Waals surface area contributed by atoms with Gasteiger partial charge in [0.05, 0.1) is 11.6 Å². The Morgan fingerprint density at radius 2 is 2.00 bits per heavy atom. The Balaban J connectivity index is 1.92. The minimum Gasteiger partial charge on any atom is -0.340 e. The van der Waals surface area contributed by atoms with Gasteiger partial charge in [0.2, 0.25) is 5.43 Å². The number of alkyl halides is 3. The van der Waals surface area contributed by atoms with Crippen LogP contribution >= 0.6 is 0 Å². The molecule has 9 nitrogen and oxygen atoms in total. The number of hydrogen-bond acceptors (Lipinski definition) is 5. The summed E-state index contributed by atoms with van der Waals surface area (Å²) in [6.07, 6.45) is -3.80. The van der Waals surface area contributed by atoms with Crippen molar-refractivity contribution in [1.82, 2.24) is 25.2 Å². The van der Waals surface area contributed by atoms with Crippen LogP contribution in [0.4, 0.5) is 32.6 Å². The molecule has 3 amide bonds. The normalized spacial score (nSPS) is 16.8. The summed E-state index contributed by atoms with van der Waals surface area (Å²) < 4.78 is 68.6. The van der Waals surface area contributed by atoms with E-state index in [9.17, 15) is 36.3 Å². The van der Waals surface area contributed by atoms with Gasteiger partial charge < -0.3 is 10.6 Å². The molecule has 190 valence electrons. The van der Waals surface area contributed by atoms with E-state index in [1.807, 2.05) is 0 Å². The lowest BCUT2D eigenvalue weighted by Gasteiger charge is -2.20. The molecular formula is C22H19F5N6O3. The number of aromatic nitrogens is 3. The monoisotopic (exact) mass is 510 g/mol. The highest BCUT2D eigenvalue weighted by molar-refractivity contribution is 5.98. The van der Waals surface area contributed by atoms with Crippen LogP contribution in [0.2, 0.25) is 0 Å². The van der Waals surface area contributed by atoms with Crippen molar-refractivity contribution in [2.24, 2.45) is 0 Å². The largest absolute Gasteiger partial charge is 0.408 e. The minimum atomic E-state index is -4.77. The Hall–Kier alpha value is -4.10. The molecule has 3 aromatic heterocycles. The van der Waals surface area contributed by atoms with Gasteiger partial charge in [0.1, 0.15) is 23.2 Å². The van der Waals surface area contributed by atoms with Crippen molar-refractivity contribution in [3.63, 3.8) is 0 Å². The SMILES string of the molecule is CCC(NC(=O)c1cn(-c2ncc(F)cc2F)c2nc(N3CC(C)NC3=O)ccc2c1=O)C(F)(F)F. The minimum absolute atomic E-state index is 0.0836. The third-order valence-corrected chi connectivity index (χ3v) is 5.55. The maximum absolute atomic E-state index is 14.7. The maximum atomic E-state index is 14.7. The summed E-state index contributed by atoms with van der Waals surface area (Å²) in [5.74, 6) is -4.03. The molecule has 0 aromatic carbocycles. The zero-order valence-electron chi connectivity index (χ0n) is 18.9. The van der Waals surface area contributed by atoms with E-state index in [0.717, 1.165) is 10.8 Å². The maximum Gasteiger partial charge on any atom is 0.408 e. The van der Waals surface area contributed by atoms with Crippen LogP contribution in [0.1, 0.15) is 30.6 Å². The highest BCUT2D eigenvalue weighted by Crippen LogP contribution is 2.25. The number of amides is 3. The fourth-order valence-corrected chi connectivity index (χ4v) is 3.79. The van der Waals surface area contributed by atoms with Crippen molar-refractivity contribution in [3.05, 3.63) is 58.0 Å². The second kappa shape index (κ2) is 9.17. The highest BCUT2D eigenvalue weighted by Gasteiger charge is 2.40. The zero-order chi connectivity index (χ0) is 26.4. The number of fused-ring (bicyclic) bond motifs is 1. The number of pyridine rings is 3. The van der Waals surface area contributed by atoms with Crippen molar-refractivity contribution < 1.29 is 31.5 Å². The number of halogens is 5. The Morgan fingerprint density at radius 3 is 2.58 bits per heavy atom. The number of urea groups is 1. The quantitative estimate of drug-likeness (QED) is 0.513. The van der Waals surface area contributed by atoms with Crippen LogP contribution in [0.5, 0.6) is 0 Å². The van der Waals surface area contributed by atoms with Crippen molar-refractivity contribution in [1.29, 1.82) is 0 Å². The molecule has 0 radical (unpaired) electrons. The molecule has 0 aliphatic carbocycles. The van der Waals surface area contributed by atoms with E-state index in [0.29, 0.717) is 12.3 Å². The fraction of sp³-hybridized carbons (Fsp3) is 0.318. The summed E-state index contributed by atoms with van der Waals surface area (Å²) in [6, 6.07) is 0.119. The first-order valence-electron chi connectivity index (χ1n) is 10.7. The predicted molar refractivity (Wildman–Crippen MR) is 118 cm³/mol. The van der Waals surface area contributed by atoms with E-state index in [1.165, 1.54) is 24.0 Å². The average Bonchev–Trinajstić information content (AvgIpc) is 3.14. The van der Waals surface area contributed by atoms with Crippen LogP contribution in [0.25, 0.3) is 16.9 Å². The van der Waals surface area contributed by atoms with Crippen molar-refractivity contribution >= 4 is 28.8 Å². The number of nitrogens with one attached hydrogen (secondary N) is 2. The van der Waals surface area contributed by atoms with Gasteiger partial charge in [0, 0.05) is 24.8 Å². The van der Waals surface area contributed by atoms with Gasteiger partial charge in [-0.1, -0.05) is 6.92 Å². The van der Waals surface area contributed by atoms with Gasteiger partial charge in [-0.15, -0.1) is 0 Å². The second-order valence-electron chi connectivity index (χ2n) is 8.18. The summed E-state index contributed by atoms with van der Waals surface area (Å²) in [5, 5.41) is 4.17. The molecule has 1 fully saturated rings. The Labute approximate surface area is 199 Å². The third-order valence-electron chi connectivity index (χ3n) is 5.55. The first-order chi connectivity index (χ1) is 16.9. The van der Waals surface area contributed by atoms with Crippen molar-refractivity contribution in [3.8, 4) is 5.82 Å². The number of anilines is 1. The molecule has 4 heterocycles. The molecule has 0 spiro atoms. The summed E-state index contributed by atoms with van der Waals surface area (Å²) >= 11 is 0. The summed E-state index contributed by atoms with van der Waals surface area (Å²) in [7, 11) is 0. The van der Waals surface area contributed by atoms with E-state index in [2.05, 4.69) is 15.3 Å². The van der Waals surface area contributed by atoms with Crippen LogP contribution in [-0.2, 0) is 0 Å². The smallest absolute Gasteiger partial charge is 0.340 e. The van der Waals surface area contributed by atoms with Crippen LogP contribution in [0.15, 0.2) is 35.4 Å². The first kappa shape index (κ1) is 25.0. The van der Waals surface area contributed by atoms with E-state index < -0.39 is 59.0 Å². The predicted octanol–water partition coefficient (Wildman–Crippen LogP) is 3.05. The van der Waals surface area contributed by atoms with Crippen LogP contribution in [-0.4, -0.2) is 51.3 Å². The Morgan fingerprint density at radius 1 is 1.28 bits per heavy atom. The lowest BCUT2D eigenvalue weighted by atomic mass is 10.1. The average molecular weight is 510 g/mol. The van der Waals surface area contributed by atoms with Gasteiger partial charge in [-0.3, -0.25) is 19.1 Å². The molecule has 3 aromatic rings. The summed E-state index contributed by atoms with van der Waals surface area (Å²) in [6.45, 7) is 3.19. The number of carbonyl (C=O) groups is 2. The Bertz CT molecular complexity index is 1420. The second-order valence-corrected chi connectivity index (χ2v) is 8.18. The molecular weight excluding hydrogens is 491 g/mol. The molecule has 1 saturated heterocycles. The molecule has 14 heteroatoms. The molecule has 1 aliphatic heterocycles. The topological polar surface area (TPSA) is 109 Å². The molecule has 2 unspecified atom stereocenters. The van der Waals surface area contributed by atoms with Crippen LogP contribution in [0, 0.1) is 11.6 Å². The van der Waals surface area contributed by atoms with E-state index in [4.69, 9.17) is 0 Å². The lowest BCUT2D eigenvalue weighted by molar-refractivity contribution is -0.153. The van der Waals surface area contributed by atoms with Crippen LogP contribution < -0.4 is 21.0 Å². The van der Waals surface area contributed by atoms with Gasteiger partial charge >= 0.3 is 12.2 Å². The molecule has 0 bridgehead atoms. The van der Waals surface area contributed by atoms with Crippen molar-refractivity contribution in [2.75, 3.05) is 11.4 Å². The third kappa shape index (κ3) is 4.57. The number of rotatable bonds is 5. The zero-order valence-corrected chi connectivity index (χ0v) is 18.9. The fourth-order valence-electron chi connectivity index (χ4n) is 3.79. The first-order valence-corrected chi connectivity index (χ1v) is 10.7. The number of nitrogens with zero attached hydrogens (tertiary/aromatic N) is 4. The van der Waals surface area contributed by atoms with Gasteiger partial charge in [-0.25, -0.2) is 23.5 Å². The van der Waals surface area contributed by atoms with Gasteiger partial charge in [-0.05, 0) is 25.5 Å². The number of carbonyl (C=O) groups excluding carboxylic acids is 2. The summed E-state index contributed by atoms with van der Waals surface area (Å²) in [4.78, 5) is 47.3. The van der Waals surface area contributed by atoms with Gasteiger partial charge in [0.25, 0.3) is 5.91 Å². The van der Waals surface area contributed by atoms with E-state index in [-0.39, 0.29) is 29.4 Å². The molecule has 36 heavy (non-hydrogen) atoms. The van der Waals surface area contributed by atoms with E-state index in [1.54, 1.807) is 12.2 Å². The molecule has 2 N–H and O–H groups in total. The van der Waals surface area contributed by atoms with E-state index >= 15 is 0 Å². The van der Waals surface area contributed by atoms with Gasteiger partial charge in [0.15, 0.2) is 17.3 Å². The Kier molecular flexibility index (Phi) is 6.37. The molecule has 2 atom stereocenters. The highest BCUT2D eigenvalue weighted by atomic mass is 19.4. The molecule has 0 saturated carbocycles. The summed E-state index contributed by atoms with van der Waals surface area (Å²) in [5.41, 5.74) is -1.96. The lowest BCUT2D eigenvalue weighted by Crippen LogP contribution is -2.46. The standard InChI is InChI=1S/C22H19F5N6O3/c1-3-15(22(25,26)27)30-20(35)13-9-33(19-14(24)6-11(23)7-28-19)18-12(17(13)34)4-5-16(31-18)32-8-10(2)29-21(32)36/h4-7,9-10,15H,3,8H2,1-2H3,(H,29,36)(H,30,35).